The van der Waals surface area contributed by atoms with Gasteiger partial charge in [0.1, 0.15) is 6.16 Å². The maximum atomic E-state index is 11.7. The van der Waals surface area contributed by atoms with Gasteiger partial charge in [-0.1, -0.05) is 33.6 Å². The molecular formula is C13H23O4P. The van der Waals surface area contributed by atoms with Crippen molar-refractivity contribution in [3.05, 3.63) is 0 Å². The van der Waals surface area contributed by atoms with E-state index >= 15 is 0 Å². The fourth-order valence-corrected chi connectivity index (χ4v) is 2.14. The molecule has 0 saturated heterocycles. The highest BCUT2D eigenvalue weighted by Gasteiger charge is 2.31. The standard InChI is InChI=1S/C13H23O4P/c1-4-5-6-7-8-9-10-13(2,3)12(14)11-18(15,16)17/h4-7,10-11H2,1-3H3,(H2,15,16,17). The topological polar surface area (TPSA) is 74.6 Å². The minimum Gasteiger partial charge on any atom is -0.324 e. The van der Waals surface area contributed by atoms with Crippen molar-refractivity contribution in [2.75, 3.05) is 6.16 Å². The van der Waals surface area contributed by atoms with Crippen LogP contribution in [-0.4, -0.2) is 21.7 Å². The van der Waals surface area contributed by atoms with Crippen molar-refractivity contribution in [2.45, 2.75) is 52.9 Å². The molecule has 4 nitrogen and oxygen atoms in total. The molecule has 5 heteroatoms. The lowest BCUT2D eigenvalue weighted by atomic mass is 9.85. The molecule has 0 aromatic rings. The molecule has 0 unspecified atom stereocenters. The first kappa shape index (κ1) is 17.4. The van der Waals surface area contributed by atoms with Crippen molar-refractivity contribution in [2.24, 2.45) is 5.41 Å². The average molecular weight is 274 g/mol. The predicted molar refractivity (Wildman–Crippen MR) is 72.2 cm³/mol. The second-order valence-electron chi connectivity index (χ2n) is 5.12. The summed E-state index contributed by atoms with van der Waals surface area (Å²) in [6, 6.07) is 0. The summed E-state index contributed by atoms with van der Waals surface area (Å²) in [5.74, 6) is 5.49. The lowest BCUT2D eigenvalue weighted by Crippen LogP contribution is -2.26. The second kappa shape index (κ2) is 7.74. The van der Waals surface area contributed by atoms with Crippen LogP contribution in [0.3, 0.4) is 0 Å². The van der Waals surface area contributed by atoms with E-state index < -0.39 is 25.0 Å². The first-order chi connectivity index (χ1) is 8.19. The van der Waals surface area contributed by atoms with Crippen LogP contribution in [0.1, 0.15) is 52.9 Å². The predicted octanol–water partition coefficient (Wildman–Crippen LogP) is 2.73. The fraction of sp³-hybridized carbons (Fsp3) is 0.769. The van der Waals surface area contributed by atoms with Crippen molar-refractivity contribution in [3.63, 3.8) is 0 Å². The minimum atomic E-state index is -4.27. The van der Waals surface area contributed by atoms with Gasteiger partial charge in [-0.15, -0.1) is 11.8 Å². The molecule has 0 aliphatic carbocycles. The van der Waals surface area contributed by atoms with Crippen LogP contribution in [0.15, 0.2) is 0 Å². The maximum absolute atomic E-state index is 11.7. The first-order valence-corrected chi connectivity index (χ1v) is 8.02. The van der Waals surface area contributed by atoms with Crippen molar-refractivity contribution < 1.29 is 19.1 Å². The Morgan fingerprint density at radius 3 is 2.33 bits per heavy atom. The highest BCUT2D eigenvalue weighted by atomic mass is 31.2. The number of unbranched alkanes of at least 4 members (excludes halogenated alkanes) is 3. The van der Waals surface area contributed by atoms with E-state index in [0.29, 0.717) is 6.42 Å². The lowest BCUT2D eigenvalue weighted by Gasteiger charge is -2.20. The van der Waals surface area contributed by atoms with Crippen LogP contribution in [0.2, 0.25) is 0 Å². The molecule has 0 amide bonds. The van der Waals surface area contributed by atoms with E-state index in [2.05, 4.69) is 18.8 Å². The van der Waals surface area contributed by atoms with Crippen LogP contribution in [0.25, 0.3) is 0 Å². The largest absolute Gasteiger partial charge is 0.332 e. The van der Waals surface area contributed by atoms with Gasteiger partial charge in [0.05, 0.1) is 0 Å². The number of ketones is 1. The number of hydrogen-bond donors (Lipinski definition) is 2. The molecule has 0 aliphatic heterocycles. The maximum Gasteiger partial charge on any atom is 0.332 e. The summed E-state index contributed by atoms with van der Waals surface area (Å²) in [5.41, 5.74) is -0.793. The van der Waals surface area contributed by atoms with Crippen molar-refractivity contribution in [1.29, 1.82) is 0 Å². The van der Waals surface area contributed by atoms with Crippen molar-refractivity contribution >= 4 is 13.4 Å². The minimum absolute atomic E-state index is 0.345. The van der Waals surface area contributed by atoms with Gasteiger partial charge in [0, 0.05) is 18.3 Å². The summed E-state index contributed by atoms with van der Waals surface area (Å²) >= 11 is 0. The Labute approximate surface area is 109 Å². The summed E-state index contributed by atoms with van der Waals surface area (Å²) in [5, 5.41) is 0. The molecule has 0 aromatic carbocycles. The molecule has 0 atom stereocenters. The Morgan fingerprint density at radius 1 is 1.22 bits per heavy atom. The van der Waals surface area contributed by atoms with Gasteiger partial charge in [-0.05, 0) is 6.42 Å². The van der Waals surface area contributed by atoms with Crippen LogP contribution in [-0.2, 0) is 9.36 Å². The van der Waals surface area contributed by atoms with Crippen LogP contribution < -0.4 is 0 Å². The van der Waals surface area contributed by atoms with Crippen LogP contribution in [0.4, 0.5) is 0 Å². The van der Waals surface area contributed by atoms with Crippen molar-refractivity contribution in [3.8, 4) is 11.8 Å². The number of carbonyl (C=O) groups excluding carboxylic acids is 1. The van der Waals surface area contributed by atoms with E-state index in [9.17, 15) is 9.36 Å². The van der Waals surface area contributed by atoms with Crippen LogP contribution in [0.5, 0.6) is 0 Å². The average Bonchev–Trinajstić information content (AvgIpc) is 2.20. The molecule has 0 spiro atoms. The fourth-order valence-electron chi connectivity index (χ4n) is 1.33. The van der Waals surface area contributed by atoms with Crippen LogP contribution >= 0.6 is 7.60 Å². The molecule has 0 saturated carbocycles. The van der Waals surface area contributed by atoms with E-state index in [1.54, 1.807) is 13.8 Å². The van der Waals surface area contributed by atoms with E-state index in [1.165, 1.54) is 0 Å². The molecule has 0 aromatic heterocycles. The first-order valence-electron chi connectivity index (χ1n) is 6.22. The van der Waals surface area contributed by atoms with Crippen molar-refractivity contribution in [1.82, 2.24) is 0 Å². The van der Waals surface area contributed by atoms with Gasteiger partial charge >= 0.3 is 7.60 Å². The zero-order valence-corrected chi connectivity index (χ0v) is 12.3. The summed E-state index contributed by atoms with van der Waals surface area (Å²) < 4.78 is 10.8. The molecule has 18 heavy (non-hydrogen) atoms. The SMILES string of the molecule is CCCCCC#CCC(C)(C)C(=O)CP(=O)(O)O. The highest BCUT2D eigenvalue weighted by molar-refractivity contribution is 7.52. The second-order valence-corrected chi connectivity index (χ2v) is 6.76. The monoisotopic (exact) mass is 274 g/mol. The Bertz CT molecular complexity index is 370. The number of Topliss-reactive ketones (excluding diaryl/α,β-unsaturated/α-hetero) is 1. The third kappa shape index (κ3) is 8.47. The lowest BCUT2D eigenvalue weighted by molar-refractivity contribution is -0.124. The zero-order valence-electron chi connectivity index (χ0n) is 11.4. The molecule has 2 N–H and O–H groups in total. The normalized spacial score (nSPS) is 11.8. The van der Waals surface area contributed by atoms with Gasteiger partial charge in [-0.25, -0.2) is 0 Å². The smallest absolute Gasteiger partial charge is 0.324 e. The molecule has 0 fully saturated rings. The third-order valence-corrected chi connectivity index (χ3v) is 3.36. The van der Waals surface area contributed by atoms with Gasteiger partial charge in [0.15, 0.2) is 5.78 Å². The van der Waals surface area contributed by atoms with Gasteiger partial charge in [-0.2, -0.15) is 0 Å². The molecule has 0 rings (SSSR count). The summed E-state index contributed by atoms with van der Waals surface area (Å²) in [6.07, 6.45) is 3.82. The third-order valence-electron chi connectivity index (χ3n) is 2.67. The number of rotatable bonds is 7. The molecule has 104 valence electrons. The van der Waals surface area contributed by atoms with Gasteiger partial charge in [0.25, 0.3) is 0 Å². The van der Waals surface area contributed by atoms with E-state index in [4.69, 9.17) is 9.79 Å². The molecule has 0 aliphatic rings. The van der Waals surface area contributed by atoms with E-state index in [-0.39, 0.29) is 0 Å². The van der Waals surface area contributed by atoms with Crippen LogP contribution in [0, 0.1) is 17.3 Å². The Kier molecular flexibility index (Phi) is 7.47. The Balaban J connectivity index is 4.21. The Hall–Kier alpha value is -0.620. The quantitative estimate of drug-likeness (QED) is 0.425. The molecule has 0 radical (unpaired) electrons. The molecule has 0 heterocycles. The molecule has 0 bridgehead atoms. The summed E-state index contributed by atoms with van der Waals surface area (Å²) in [6.45, 7) is 5.47. The summed E-state index contributed by atoms with van der Waals surface area (Å²) in [4.78, 5) is 29.2. The van der Waals surface area contributed by atoms with Gasteiger partial charge in [-0.3, -0.25) is 9.36 Å². The molecular weight excluding hydrogens is 251 g/mol. The van der Waals surface area contributed by atoms with E-state index in [0.717, 1.165) is 25.7 Å². The highest BCUT2D eigenvalue weighted by Crippen LogP contribution is 2.37. The summed E-state index contributed by atoms with van der Waals surface area (Å²) in [7, 11) is -4.27. The zero-order chi connectivity index (χ0) is 14.2. The number of hydrogen-bond acceptors (Lipinski definition) is 2. The van der Waals surface area contributed by atoms with Gasteiger partial charge in [0.2, 0.25) is 0 Å². The van der Waals surface area contributed by atoms with E-state index in [1.807, 2.05) is 0 Å². The number of carbonyl (C=O) groups is 1. The Morgan fingerprint density at radius 2 is 1.83 bits per heavy atom. The van der Waals surface area contributed by atoms with Gasteiger partial charge < -0.3 is 9.79 Å².